The van der Waals surface area contributed by atoms with E-state index in [0.29, 0.717) is 0 Å². The van der Waals surface area contributed by atoms with Gasteiger partial charge in [0.25, 0.3) is 0 Å². The Morgan fingerprint density at radius 2 is 1.50 bits per heavy atom. The zero-order valence-electron chi connectivity index (χ0n) is 20.9. The van der Waals surface area contributed by atoms with Crippen LogP contribution in [-0.4, -0.2) is 60.4 Å². The van der Waals surface area contributed by atoms with Gasteiger partial charge in [-0.05, 0) is 36.1 Å². The molecule has 1 aliphatic carbocycles. The molecule has 0 aliphatic heterocycles. The van der Waals surface area contributed by atoms with Crippen molar-refractivity contribution in [2.24, 2.45) is 5.41 Å². The van der Waals surface area contributed by atoms with E-state index in [1.54, 1.807) is 20.0 Å². The summed E-state index contributed by atoms with van der Waals surface area (Å²) < 4.78 is 5.68. The second kappa shape index (κ2) is 9.84. The molecule has 0 fully saturated rings. The number of amides is 2. The average Bonchev–Trinajstić information content (AvgIpc) is 3.14. The fourth-order valence-electron chi connectivity index (χ4n) is 4.85. The summed E-state index contributed by atoms with van der Waals surface area (Å²) in [5.74, 6) is -0.545. The van der Waals surface area contributed by atoms with Gasteiger partial charge in [0.15, 0.2) is 5.78 Å². The third-order valence-corrected chi connectivity index (χ3v) is 6.91. The van der Waals surface area contributed by atoms with Gasteiger partial charge in [0, 0.05) is 25.4 Å². The molecule has 0 spiro atoms. The van der Waals surface area contributed by atoms with Gasteiger partial charge in [-0.25, -0.2) is 4.79 Å². The van der Waals surface area contributed by atoms with Crippen molar-refractivity contribution in [1.82, 2.24) is 9.80 Å². The molecule has 1 aliphatic rings. The summed E-state index contributed by atoms with van der Waals surface area (Å²) in [6.07, 6.45) is 1.08. The Kier molecular flexibility index (Phi) is 7.29. The van der Waals surface area contributed by atoms with Gasteiger partial charge in [0.1, 0.15) is 12.6 Å². The van der Waals surface area contributed by atoms with Crippen molar-refractivity contribution in [3.63, 3.8) is 0 Å². The van der Waals surface area contributed by atoms with Crippen LogP contribution in [0.5, 0.6) is 0 Å². The molecule has 2 aromatic carbocycles. The van der Waals surface area contributed by atoms with Gasteiger partial charge in [0.2, 0.25) is 5.91 Å². The number of hydrogen-bond acceptors (Lipinski definition) is 4. The Hall–Kier alpha value is -3.41. The van der Waals surface area contributed by atoms with E-state index < -0.39 is 23.6 Å². The number of benzene rings is 2. The normalized spacial score (nSPS) is 14.4. The van der Waals surface area contributed by atoms with Crippen LogP contribution in [0.4, 0.5) is 4.79 Å². The van der Waals surface area contributed by atoms with Gasteiger partial charge in [-0.15, -0.1) is 6.58 Å². The summed E-state index contributed by atoms with van der Waals surface area (Å²) in [4.78, 5) is 41.1. The molecule has 180 valence electrons. The lowest BCUT2D eigenvalue weighted by Gasteiger charge is -2.39. The van der Waals surface area contributed by atoms with Gasteiger partial charge in [-0.3, -0.25) is 14.5 Å². The molecule has 0 saturated heterocycles. The molecule has 0 heterocycles. The number of ketones is 1. The van der Waals surface area contributed by atoms with Crippen LogP contribution in [0.3, 0.4) is 0 Å². The lowest BCUT2D eigenvalue weighted by Crippen LogP contribution is -2.55. The summed E-state index contributed by atoms with van der Waals surface area (Å²) >= 11 is 0. The number of hydrogen-bond donors (Lipinski definition) is 0. The molecular formula is C28H34N2O4. The van der Waals surface area contributed by atoms with Crippen molar-refractivity contribution in [3.8, 4) is 11.1 Å². The third kappa shape index (κ3) is 4.63. The molecule has 0 unspecified atom stereocenters. The minimum Gasteiger partial charge on any atom is -0.448 e. The molecule has 0 radical (unpaired) electrons. The van der Waals surface area contributed by atoms with Crippen LogP contribution in [0, 0.1) is 5.41 Å². The summed E-state index contributed by atoms with van der Waals surface area (Å²) in [6, 6.07) is 14.8. The quantitative estimate of drug-likeness (QED) is 0.524. The first-order chi connectivity index (χ1) is 16.0. The maximum absolute atomic E-state index is 13.2. The second-order valence-electron chi connectivity index (χ2n) is 9.58. The monoisotopic (exact) mass is 462 g/mol. The van der Waals surface area contributed by atoms with Crippen molar-refractivity contribution in [1.29, 1.82) is 0 Å². The van der Waals surface area contributed by atoms with E-state index in [-0.39, 0.29) is 24.2 Å². The van der Waals surface area contributed by atoms with Gasteiger partial charge in [-0.1, -0.05) is 68.5 Å². The molecule has 0 aromatic heterocycles. The Bertz CT molecular complexity index is 1060. The van der Waals surface area contributed by atoms with Crippen LogP contribution in [-0.2, 0) is 14.3 Å². The molecule has 0 N–H and O–H groups in total. The highest BCUT2D eigenvalue weighted by Crippen LogP contribution is 2.44. The average molecular weight is 463 g/mol. The first-order valence-corrected chi connectivity index (χ1v) is 11.5. The van der Waals surface area contributed by atoms with E-state index in [2.05, 4.69) is 30.8 Å². The predicted molar refractivity (Wildman–Crippen MR) is 134 cm³/mol. The number of ether oxygens (including phenoxy) is 1. The summed E-state index contributed by atoms with van der Waals surface area (Å²) in [6.45, 7) is 10.8. The maximum atomic E-state index is 13.2. The van der Waals surface area contributed by atoms with E-state index in [9.17, 15) is 14.4 Å². The van der Waals surface area contributed by atoms with Gasteiger partial charge >= 0.3 is 6.09 Å². The number of fused-ring (bicyclic) bond motifs is 3. The molecule has 2 atom stereocenters. The van der Waals surface area contributed by atoms with Crippen molar-refractivity contribution in [3.05, 3.63) is 72.3 Å². The zero-order valence-corrected chi connectivity index (χ0v) is 20.9. The molecule has 3 rings (SSSR count). The van der Waals surface area contributed by atoms with E-state index in [0.717, 1.165) is 22.3 Å². The van der Waals surface area contributed by atoms with E-state index in [1.165, 1.54) is 23.8 Å². The van der Waals surface area contributed by atoms with Crippen LogP contribution >= 0.6 is 0 Å². The van der Waals surface area contributed by atoms with Crippen molar-refractivity contribution in [2.45, 2.75) is 45.7 Å². The van der Waals surface area contributed by atoms with Crippen molar-refractivity contribution < 1.29 is 19.1 Å². The van der Waals surface area contributed by atoms with Crippen LogP contribution in [0.2, 0.25) is 0 Å². The number of nitrogens with zero attached hydrogens (tertiary/aromatic N) is 2. The molecule has 2 amide bonds. The summed E-state index contributed by atoms with van der Waals surface area (Å²) in [7, 11) is 3.12. The highest BCUT2D eigenvalue weighted by atomic mass is 16.6. The first-order valence-electron chi connectivity index (χ1n) is 11.5. The number of rotatable bonds is 8. The number of carbonyl (C=O) groups excluding carboxylic acids is 3. The Morgan fingerprint density at radius 1 is 1.00 bits per heavy atom. The standard InChI is InChI=1S/C28H34N2O4/c1-8-28(4,5)25(19(3)31)30(7)26(32)18(2)29(6)27(33)34-17-24-22-15-11-9-13-20(22)21-14-10-12-16-23(21)24/h8-16,18,24-25H,1,17H2,2-7H3/t18-,25-/m1/s1. The molecule has 0 saturated carbocycles. The third-order valence-electron chi connectivity index (χ3n) is 6.91. The van der Waals surface area contributed by atoms with Crippen LogP contribution < -0.4 is 0 Å². The van der Waals surface area contributed by atoms with Crippen molar-refractivity contribution in [2.75, 3.05) is 20.7 Å². The van der Waals surface area contributed by atoms with Crippen molar-refractivity contribution >= 4 is 17.8 Å². The fourth-order valence-corrected chi connectivity index (χ4v) is 4.85. The highest BCUT2D eigenvalue weighted by Gasteiger charge is 2.39. The Morgan fingerprint density at radius 3 is 1.97 bits per heavy atom. The molecule has 6 nitrogen and oxygen atoms in total. The van der Waals surface area contributed by atoms with E-state index >= 15 is 0 Å². The van der Waals surface area contributed by atoms with Gasteiger partial charge in [0.05, 0.1) is 6.04 Å². The molecular weight excluding hydrogens is 428 g/mol. The Labute approximate surface area is 202 Å². The minimum atomic E-state index is -0.803. The zero-order chi connectivity index (χ0) is 25.2. The fraction of sp³-hybridized carbons (Fsp3) is 0.393. The smallest absolute Gasteiger partial charge is 0.410 e. The molecule has 0 bridgehead atoms. The second-order valence-corrected chi connectivity index (χ2v) is 9.58. The number of Topliss-reactive ketones (excluding diaryl/α,β-unsaturated/α-hetero) is 1. The van der Waals surface area contributed by atoms with E-state index in [4.69, 9.17) is 4.74 Å². The minimum absolute atomic E-state index is 0.0612. The highest BCUT2D eigenvalue weighted by molar-refractivity contribution is 5.91. The molecule has 34 heavy (non-hydrogen) atoms. The Balaban J connectivity index is 1.71. The van der Waals surface area contributed by atoms with E-state index in [1.807, 2.05) is 38.1 Å². The predicted octanol–water partition coefficient (Wildman–Crippen LogP) is 4.88. The number of likely N-dealkylation sites (N-methyl/N-ethyl adjacent to an activating group) is 2. The first kappa shape index (κ1) is 25.2. The topological polar surface area (TPSA) is 66.9 Å². The number of carbonyl (C=O) groups is 3. The molecule has 6 heteroatoms. The van der Waals surface area contributed by atoms with Crippen LogP contribution in [0.15, 0.2) is 61.2 Å². The molecule has 2 aromatic rings. The lowest BCUT2D eigenvalue weighted by molar-refractivity contribution is -0.143. The largest absolute Gasteiger partial charge is 0.448 e. The van der Waals surface area contributed by atoms with Crippen LogP contribution in [0.1, 0.15) is 44.7 Å². The SMILES string of the molecule is C=CC(C)(C)[C@@H](C(C)=O)N(C)C(=O)[C@@H](C)N(C)C(=O)OCC1c2ccccc2-c2ccccc21. The summed E-state index contributed by atoms with van der Waals surface area (Å²) in [5.41, 5.74) is 3.94. The summed E-state index contributed by atoms with van der Waals surface area (Å²) in [5, 5.41) is 0. The van der Waals surface area contributed by atoms with Crippen LogP contribution in [0.25, 0.3) is 11.1 Å². The maximum Gasteiger partial charge on any atom is 0.410 e. The van der Waals surface area contributed by atoms with Gasteiger partial charge < -0.3 is 9.64 Å². The van der Waals surface area contributed by atoms with Gasteiger partial charge in [-0.2, -0.15) is 0 Å². The lowest BCUT2D eigenvalue weighted by atomic mass is 9.81.